The van der Waals surface area contributed by atoms with Gasteiger partial charge in [-0.15, -0.1) is 0 Å². The minimum absolute atomic E-state index is 0.131. The Labute approximate surface area is 105 Å². The Morgan fingerprint density at radius 1 is 1.33 bits per heavy atom. The lowest BCUT2D eigenvalue weighted by Crippen LogP contribution is -2.32. The first-order valence-electron chi connectivity index (χ1n) is 5.55. The molecule has 0 aromatic heterocycles. The third-order valence-corrected chi connectivity index (χ3v) is 2.34. The highest BCUT2D eigenvalue weighted by molar-refractivity contribution is 6.41. The molecule has 0 fully saturated rings. The Balaban J connectivity index is 2.44. The van der Waals surface area contributed by atoms with Crippen molar-refractivity contribution in [3.63, 3.8) is 0 Å². The lowest BCUT2D eigenvalue weighted by atomic mass is 9.87. The molecule has 1 atom stereocenters. The number of ether oxygens (including phenoxy) is 1. The molecular weight excluding hydrogens is 237 g/mol. The number of hydrogen-bond donors (Lipinski definition) is 4. The van der Waals surface area contributed by atoms with Crippen molar-refractivity contribution in [1.82, 2.24) is 0 Å². The van der Waals surface area contributed by atoms with Gasteiger partial charge in [-0.2, -0.15) is 0 Å². The molecule has 6 nitrogen and oxygen atoms in total. The van der Waals surface area contributed by atoms with E-state index < -0.39 is 19.1 Å². The van der Waals surface area contributed by atoms with E-state index in [2.05, 4.69) is 0 Å². The number of nitrogens with two attached hydrogens (primary N) is 1. The summed E-state index contributed by atoms with van der Waals surface area (Å²) in [5.41, 5.74) is 6.22. The molecule has 18 heavy (non-hydrogen) atoms. The van der Waals surface area contributed by atoms with E-state index in [0.29, 0.717) is 5.75 Å². The highest BCUT2D eigenvalue weighted by Gasteiger charge is 2.12. The van der Waals surface area contributed by atoms with Crippen molar-refractivity contribution in [2.75, 3.05) is 6.61 Å². The van der Waals surface area contributed by atoms with Gasteiger partial charge < -0.3 is 25.6 Å². The maximum absolute atomic E-state index is 10.6. The van der Waals surface area contributed by atoms with Crippen molar-refractivity contribution in [1.29, 1.82) is 0 Å². The largest absolute Gasteiger partial charge is 0.494 e. The second kappa shape index (κ2) is 7.00. The fourth-order valence-corrected chi connectivity index (χ4v) is 1.35. The van der Waals surface area contributed by atoms with E-state index in [-0.39, 0.29) is 19.3 Å². The molecule has 0 saturated carbocycles. The standard InChI is InChI=1S/C11H16BNO5/c13-10(11(14)15)7-8-1-3-9(4-2-8)18-6-5-12(16)17/h1-4,10,16-17H,5-7,13H2,(H,14,15)/t10-/m0/s1. The summed E-state index contributed by atoms with van der Waals surface area (Å²) in [7, 11) is -1.38. The molecule has 0 amide bonds. The van der Waals surface area contributed by atoms with Crippen molar-refractivity contribution in [3.8, 4) is 5.75 Å². The molecule has 0 aliphatic carbocycles. The second-order valence-corrected chi connectivity index (χ2v) is 3.91. The van der Waals surface area contributed by atoms with Gasteiger partial charge in [-0.3, -0.25) is 4.79 Å². The molecule has 5 N–H and O–H groups in total. The quantitative estimate of drug-likeness (QED) is 0.487. The molecule has 0 aliphatic rings. The first-order valence-corrected chi connectivity index (χ1v) is 5.55. The lowest BCUT2D eigenvalue weighted by molar-refractivity contribution is -0.138. The predicted octanol–water partition coefficient (Wildman–Crippen LogP) is -0.507. The Kier molecular flexibility index (Phi) is 5.64. The summed E-state index contributed by atoms with van der Waals surface area (Å²) in [6, 6.07) is 5.92. The SMILES string of the molecule is N[C@@H](Cc1ccc(OCCB(O)O)cc1)C(=O)O. The number of aliphatic carboxylic acids is 1. The van der Waals surface area contributed by atoms with Crippen molar-refractivity contribution >= 4 is 13.1 Å². The molecule has 1 aromatic carbocycles. The molecule has 0 heterocycles. The topological polar surface area (TPSA) is 113 Å². The maximum atomic E-state index is 10.6. The molecule has 0 bridgehead atoms. The van der Waals surface area contributed by atoms with Crippen LogP contribution in [0.4, 0.5) is 0 Å². The van der Waals surface area contributed by atoms with Gasteiger partial charge in [0.2, 0.25) is 0 Å². The van der Waals surface area contributed by atoms with Crippen molar-refractivity contribution in [2.24, 2.45) is 5.73 Å². The van der Waals surface area contributed by atoms with E-state index in [4.69, 9.17) is 25.6 Å². The number of carboxylic acid groups (broad SMARTS) is 1. The van der Waals surface area contributed by atoms with E-state index in [9.17, 15) is 4.79 Å². The molecule has 1 rings (SSSR count). The smallest absolute Gasteiger partial charge is 0.454 e. The van der Waals surface area contributed by atoms with Gasteiger partial charge in [0.1, 0.15) is 11.8 Å². The summed E-state index contributed by atoms with van der Waals surface area (Å²) in [6.45, 7) is 0.200. The van der Waals surface area contributed by atoms with Gasteiger partial charge in [0.05, 0.1) is 6.61 Å². The zero-order chi connectivity index (χ0) is 13.5. The third kappa shape index (κ3) is 5.18. The summed E-state index contributed by atoms with van der Waals surface area (Å²) in [5.74, 6) is -0.449. The summed E-state index contributed by atoms with van der Waals surface area (Å²) >= 11 is 0. The lowest BCUT2D eigenvalue weighted by Gasteiger charge is -2.08. The van der Waals surface area contributed by atoms with Crippen molar-refractivity contribution in [2.45, 2.75) is 18.8 Å². The zero-order valence-corrected chi connectivity index (χ0v) is 9.82. The van der Waals surface area contributed by atoms with Crippen molar-refractivity contribution in [3.05, 3.63) is 29.8 Å². The Morgan fingerprint density at radius 3 is 2.44 bits per heavy atom. The number of carboxylic acids is 1. The molecular formula is C11H16BNO5. The van der Waals surface area contributed by atoms with Crippen LogP contribution in [0.3, 0.4) is 0 Å². The number of benzene rings is 1. The van der Waals surface area contributed by atoms with Crippen LogP contribution in [0, 0.1) is 0 Å². The maximum Gasteiger partial charge on any atom is 0.454 e. The van der Waals surface area contributed by atoms with Crippen LogP contribution in [-0.4, -0.2) is 40.9 Å². The van der Waals surface area contributed by atoms with Crippen LogP contribution in [0.5, 0.6) is 5.75 Å². The van der Waals surface area contributed by atoms with Crippen LogP contribution in [0.2, 0.25) is 6.32 Å². The highest BCUT2D eigenvalue weighted by atomic mass is 16.5. The third-order valence-electron chi connectivity index (χ3n) is 2.34. The van der Waals surface area contributed by atoms with Gasteiger partial charge in [0, 0.05) is 6.32 Å². The molecule has 0 saturated heterocycles. The van der Waals surface area contributed by atoms with Gasteiger partial charge in [-0.25, -0.2) is 0 Å². The minimum Gasteiger partial charge on any atom is -0.494 e. The average Bonchev–Trinajstić information content (AvgIpc) is 2.30. The second-order valence-electron chi connectivity index (χ2n) is 3.91. The van der Waals surface area contributed by atoms with Crippen LogP contribution in [0.25, 0.3) is 0 Å². The first-order chi connectivity index (χ1) is 8.49. The van der Waals surface area contributed by atoms with Gasteiger partial charge in [-0.05, 0) is 24.1 Å². The molecule has 7 heteroatoms. The fraction of sp³-hybridized carbons (Fsp3) is 0.364. The Bertz CT molecular complexity index is 382. The summed E-state index contributed by atoms with van der Waals surface area (Å²) in [6.07, 6.45) is 0.386. The van der Waals surface area contributed by atoms with Crippen LogP contribution >= 0.6 is 0 Å². The summed E-state index contributed by atoms with van der Waals surface area (Å²) < 4.78 is 5.26. The van der Waals surface area contributed by atoms with E-state index in [1.807, 2.05) is 0 Å². The van der Waals surface area contributed by atoms with E-state index >= 15 is 0 Å². The molecule has 1 aromatic rings. The molecule has 0 unspecified atom stereocenters. The van der Waals surface area contributed by atoms with E-state index in [1.54, 1.807) is 24.3 Å². The van der Waals surface area contributed by atoms with Crippen molar-refractivity contribution < 1.29 is 24.7 Å². The Morgan fingerprint density at radius 2 is 1.94 bits per heavy atom. The highest BCUT2D eigenvalue weighted by Crippen LogP contribution is 2.13. The van der Waals surface area contributed by atoms with Gasteiger partial charge in [0.15, 0.2) is 0 Å². The predicted molar refractivity (Wildman–Crippen MR) is 66.3 cm³/mol. The zero-order valence-electron chi connectivity index (χ0n) is 9.82. The van der Waals surface area contributed by atoms with E-state index in [0.717, 1.165) is 5.56 Å². The Hall–Kier alpha value is -1.57. The van der Waals surface area contributed by atoms with Gasteiger partial charge in [0.25, 0.3) is 0 Å². The number of rotatable bonds is 7. The molecule has 0 spiro atoms. The van der Waals surface area contributed by atoms with Crippen LogP contribution in [0.15, 0.2) is 24.3 Å². The molecule has 0 aliphatic heterocycles. The summed E-state index contributed by atoms with van der Waals surface area (Å²) in [5, 5.41) is 25.9. The average molecular weight is 253 g/mol. The molecule has 98 valence electrons. The number of hydrogen-bond acceptors (Lipinski definition) is 5. The summed E-state index contributed by atoms with van der Waals surface area (Å²) in [4.78, 5) is 10.6. The fourth-order valence-electron chi connectivity index (χ4n) is 1.35. The minimum atomic E-state index is -1.38. The van der Waals surface area contributed by atoms with Crippen LogP contribution in [-0.2, 0) is 11.2 Å². The monoisotopic (exact) mass is 253 g/mol. The van der Waals surface area contributed by atoms with Gasteiger partial charge >= 0.3 is 13.1 Å². The van der Waals surface area contributed by atoms with Gasteiger partial charge in [-0.1, -0.05) is 12.1 Å². The first kappa shape index (κ1) is 14.5. The number of carbonyl (C=O) groups is 1. The van der Waals surface area contributed by atoms with Crippen LogP contribution < -0.4 is 10.5 Å². The molecule has 0 radical (unpaired) electrons. The van der Waals surface area contributed by atoms with Crippen LogP contribution in [0.1, 0.15) is 5.56 Å². The normalized spacial score (nSPS) is 11.9. The van der Waals surface area contributed by atoms with E-state index in [1.165, 1.54) is 0 Å².